The van der Waals surface area contributed by atoms with E-state index in [2.05, 4.69) is 15.5 Å². The normalized spacial score (nSPS) is 12.3. The van der Waals surface area contributed by atoms with Crippen molar-refractivity contribution in [3.05, 3.63) is 28.3 Å². The smallest absolute Gasteiger partial charge is 0.271 e. The van der Waals surface area contributed by atoms with Crippen LogP contribution in [0.15, 0.2) is 22.5 Å². The van der Waals surface area contributed by atoms with Crippen molar-refractivity contribution in [2.24, 2.45) is 0 Å². The molecule has 2 aromatic rings. The van der Waals surface area contributed by atoms with Gasteiger partial charge in [-0.15, -0.1) is 10.2 Å². The number of nitrogens with one attached hydrogen (secondary N) is 1. The fourth-order valence-electron chi connectivity index (χ4n) is 2.70. The Hall–Kier alpha value is -2.45. The van der Waals surface area contributed by atoms with Crippen molar-refractivity contribution in [1.29, 1.82) is 0 Å². The van der Waals surface area contributed by atoms with Crippen LogP contribution in [0.3, 0.4) is 0 Å². The van der Waals surface area contributed by atoms with E-state index in [1.807, 2.05) is 6.92 Å². The largest absolute Gasteiger partial charge is 0.495 e. The number of hydrogen-bond acceptors (Lipinski definition) is 10. The van der Waals surface area contributed by atoms with Crippen LogP contribution in [-0.2, 0) is 14.8 Å². The standard InChI is InChI=1S/C17H23N5O6S3/c1-5-9-29-17-20-19-16(30-17)18-15(23)12(6-2)21(31(4,26)27)13-10-11(22(24)25)7-8-14(13)28-3/h7-8,10,12H,5-6,9H2,1-4H3,(H,18,19,23). The number of methoxy groups -OCH3 is 1. The van der Waals surface area contributed by atoms with Crippen molar-refractivity contribution in [3.63, 3.8) is 0 Å². The molecule has 0 saturated carbocycles. The Bertz CT molecular complexity index is 1040. The van der Waals surface area contributed by atoms with E-state index >= 15 is 0 Å². The Balaban J connectivity index is 2.42. The lowest BCUT2D eigenvalue weighted by atomic mass is 10.1. The number of carbonyl (C=O) groups excluding carboxylic acids is 1. The van der Waals surface area contributed by atoms with E-state index in [0.29, 0.717) is 4.34 Å². The molecule has 0 radical (unpaired) electrons. The molecule has 31 heavy (non-hydrogen) atoms. The highest BCUT2D eigenvalue weighted by Gasteiger charge is 2.35. The first-order valence-corrected chi connectivity index (χ1v) is 12.9. The molecule has 1 N–H and O–H groups in total. The number of carbonyl (C=O) groups is 1. The van der Waals surface area contributed by atoms with Crippen molar-refractivity contribution < 1.29 is 22.9 Å². The predicted octanol–water partition coefficient (Wildman–Crippen LogP) is 3.14. The molecule has 14 heteroatoms. The topological polar surface area (TPSA) is 145 Å². The van der Waals surface area contributed by atoms with Crippen LogP contribution in [0.25, 0.3) is 0 Å². The van der Waals surface area contributed by atoms with Crippen molar-refractivity contribution in [1.82, 2.24) is 10.2 Å². The lowest BCUT2D eigenvalue weighted by Crippen LogP contribution is -2.47. The number of amides is 1. The van der Waals surface area contributed by atoms with E-state index in [1.54, 1.807) is 6.92 Å². The maximum absolute atomic E-state index is 13.0. The maximum Gasteiger partial charge on any atom is 0.271 e. The zero-order valence-corrected chi connectivity index (χ0v) is 19.8. The molecule has 1 atom stereocenters. The van der Waals surface area contributed by atoms with Crippen LogP contribution >= 0.6 is 23.1 Å². The van der Waals surface area contributed by atoms with E-state index in [0.717, 1.165) is 28.8 Å². The molecule has 2 rings (SSSR count). The molecule has 1 heterocycles. The first kappa shape index (κ1) is 24.8. The van der Waals surface area contributed by atoms with E-state index in [9.17, 15) is 23.3 Å². The second-order valence-electron chi connectivity index (χ2n) is 6.31. The Kier molecular flexibility index (Phi) is 8.59. The van der Waals surface area contributed by atoms with Crippen LogP contribution in [0.1, 0.15) is 26.7 Å². The van der Waals surface area contributed by atoms with Gasteiger partial charge in [-0.3, -0.25) is 24.5 Å². The predicted molar refractivity (Wildman–Crippen MR) is 121 cm³/mol. The Morgan fingerprint density at radius 1 is 1.39 bits per heavy atom. The Labute approximate surface area is 188 Å². The summed E-state index contributed by atoms with van der Waals surface area (Å²) >= 11 is 2.69. The van der Waals surface area contributed by atoms with Gasteiger partial charge in [-0.1, -0.05) is 36.9 Å². The van der Waals surface area contributed by atoms with Crippen molar-refractivity contribution in [2.75, 3.05) is 28.7 Å². The second-order valence-corrected chi connectivity index (χ2v) is 10.5. The van der Waals surface area contributed by atoms with E-state index in [-0.39, 0.29) is 28.7 Å². The number of hydrogen-bond donors (Lipinski definition) is 1. The molecule has 1 aromatic heterocycles. The molecule has 1 unspecified atom stereocenters. The van der Waals surface area contributed by atoms with Gasteiger partial charge in [0, 0.05) is 17.9 Å². The third kappa shape index (κ3) is 6.27. The van der Waals surface area contributed by atoms with Crippen LogP contribution in [0.4, 0.5) is 16.5 Å². The summed E-state index contributed by atoms with van der Waals surface area (Å²) < 4.78 is 32.0. The number of sulfonamides is 1. The van der Waals surface area contributed by atoms with Gasteiger partial charge in [-0.2, -0.15) is 0 Å². The summed E-state index contributed by atoms with van der Waals surface area (Å²) in [6.45, 7) is 3.67. The monoisotopic (exact) mass is 489 g/mol. The highest BCUT2D eigenvalue weighted by Crippen LogP contribution is 2.36. The fourth-order valence-corrected chi connectivity index (χ4v) is 5.58. The first-order valence-electron chi connectivity index (χ1n) is 9.21. The molecule has 0 bridgehead atoms. The van der Waals surface area contributed by atoms with Crippen molar-refractivity contribution in [2.45, 2.75) is 37.1 Å². The number of benzene rings is 1. The van der Waals surface area contributed by atoms with E-state index in [4.69, 9.17) is 4.74 Å². The minimum Gasteiger partial charge on any atom is -0.495 e. The van der Waals surface area contributed by atoms with E-state index in [1.165, 1.54) is 42.3 Å². The summed E-state index contributed by atoms with van der Waals surface area (Å²) in [7, 11) is -2.71. The average Bonchev–Trinajstić information content (AvgIpc) is 3.15. The summed E-state index contributed by atoms with van der Waals surface area (Å²) in [5, 5.41) is 22.0. The molecule has 0 aliphatic carbocycles. The molecule has 0 aliphatic heterocycles. The third-order valence-corrected chi connectivity index (χ3v) is 7.35. The summed E-state index contributed by atoms with van der Waals surface area (Å²) in [5.41, 5.74) is -0.431. The third-order valence-electron chi connectivity index (χ3n) is 4.01. The quantitative estimate of drug-likeness (QED) is 0.218. The first-order chi connectivity index (χ1) is 14.6. The molecule has 0 spiro atoms. The van der Waals surface area contributed by atoms with Gasteiger partial charge in [0.25, 0.3) is 5.69 Å². The number of nitro groups is 1. The SMILES string of the molecule is CCCSc1nnc(NC(=O)C(CC)N(c2cc([N+](=O)[O-])ccc2OC)S(C)(=O)=O)s1. The van der Waals surface area contributed by atoms with Gasteiger partial charge in [0.2, 0.25) is 21.1 Å². The molecule has 11 nitrogen and oxygen atoms in total. The van der Waals surface area contributed by atoms with Crippen molar-refractivity contribution >= 4 is 55.5 Å². The van der Waals surface area contributed by atoms with Gasteiger partial charge in [0.1, 0.15) is 17.5 Å². The number of non-ortho nitro benzene ring substituents is 1. The number of thioether (sulfide) groups is 1. The molecule has 0 fully saturated rings. The molecular weight excluding hydrogens is 466 g/mol. The minimum absolute atomic E-state index is 0.0800. The average molecular weight is 490 g/mol. The lowest BCUT2D eigenvalue weighted by Gasteiger charge is -2.30. The minimum atomic E-state index is -4.02. The van der Waals surface area contributed by atoms with Crippen LogP contribution in [0, 0.1) is 10.1 Å². The summed E-state index contributed by atoms with van der Waals surface area (Å²) in [4.78, 5) is 23.6. The van der Waals surface area contributed by atoms with Gasteiger partial charge in [0.05, 0.1) is 18.3 Å². The molecule has 0 saturated heterocycles. The van der Waals surface area contributed by atoms with E-state index < -0.39 is 26.9 Å². The highest BCUT2D eigenvalue weighted by atomic mass is 32.2. The second kappa shape index (κ2) is 10.7. The highest BCUT2D eigenvalue weighted by molar-refractivity contribution is 8.01. The number of ether oxygens (including phenoxy) is 1. The van der Waals surface area contributed by atoms with Crippen LogP contribution in [0.2, 0.25) is 0 Å². The van der Waals surface area contributed by atoms with Gasteiger partial charge in [-0.25, -0.2) is 8.42 Å². The molecular formula is C17H23N5O6S3. The van der Waals surface area contributed by atoms with Gasteiger partial charge < -0.3 is 4.74 Å². The zero-order valence-electron chi connectivity index (χ0n) is 17.4. The van der Waals surface area contributed by atoms with Crippen LogP contribution in [-0.4, -0.2) is 54.6 Å². The Morgan fingerprint density at radius 3 is 2.65 bits per heavy atom. The summed E-state index contributed by atoms with van der Waals surface area (Å²) in [6, 6.07) is 2.36. The number of anilines is 2. The van der Waals surface area contributed by atoms with Gasteiger partial charge in [0.15, 0.2) is 4.34 Å². The number of aromatic nitrogens is 2. The maximum atomic E-state index is 13.0. The number of rotatable bonds is 11. The zero-order chi connectivity index (χ0) is 23.2. The molecule has 0 aliphatic rings. The lowest BCUT2D eigenvalue weighted by molar-refractivity contribution is -0.384. The van der Waals surface area contributed by atoms with Gasteiger partial charge >= 0.3 is 0 Å². The molecule has 1 aromatic carbocycles. The summed E-state index contributed by atoms with van der Waals surface area (Å²) in [5.74, 6) is 0.301. The number of nitrogens with zero attached hydrogens (tertiary/aromatic N) is 4. The Morgan fingerprint density at radius 2 is 2.10 bits per heavy atom. The van der Waals surface area contributed by atoms with Crippen LogP contribution in [0.5, 0.6) is 5.75 Å². The molecule has 1 amide bonds. The number of nitro benzene ring substituents is 1. The molecule has 170 valence electrons. The van der Waals surface area contributed by atoms with Gasteiger partial charge in [-0.05, 0) is 18.9 Å². The van der Waals surface area contributed by atoms with Crippen molar-refractivity contribution in [3.8, 4) is 5.75 Å². The fraction of sp³-hybridized carbons (Fsp3) is 0.471. The van der Waals surface area contributed by atoms with Crippen LogP contribution < -0.4 is 14.4 Å². The summed E-state index contributed by atoms with van der Waals surface area (Å²) in [6.07, 6.45) is 1.98.